The van der Waals surface area contributed by atoms with Gasteiger partial charge in [0, 0.05) is 5.56 Å². The first-order valence-corrected chi connectivity index (χ1v) is 4.80. The van der Waals surface area contributed by atoms with Crippen LogP contribution in [0.2, 0.25) is 0 Å². The fourth-order valence-corrected chi connectivity index (χ4v) is 1.28. The number of Topliss-reactive ketones (excluding diaryl/α,β-unsaturated/α-hetero) is 1. The predicted octanol–water partition coefficient (Wildman–Crippen LogP) is 3.47. The Labute approximate surface area is 89.3 Å². The second-order valence-electron chi connectivity index (χ2n) is 3.13. The van der Waals surface area contributed by atoms with Crippen LogP contribution in [-0.2, 0) is 0 Å². The fraction of sp³-hybridized carbons (Fsp3) is 0.300. The second kappa shape index (κ2) is 3.77. The fourth-order valence-electron chi connectivity index (χ4n) is 1.05. The van der Waals surface area contributed by atoms with Crippen molar-refractivity contribution in [1.82, 2.24) is 0 Å². The molecule has 0 N–H and O–H groups in total. The maximum absolute atomic E-state index is 12.6. The highest BCUT2D eigenvalue weighted by Crippen LogP contribution is 2.27. The quantitative estimate of drug-likeness (QED) is 0.589. The zero-order chi connectivity index (χ0) is 10.9. The van der Waals surface area contributed by atoms with Gasteiger partial charge >= 0.3 is 4.83 Å². The van der Waals surface area contributed by atoms with Crippen molar-refractivity contribution in [3.8, 4) is 0 Å². The number of benzene rings is 1. The van der Waals surface area contributed by atoms with Gasteiger partial charge in [-0.15, -0.1) is 0 Å². The maximum Gasteiger partial charge on any atom is 0.363 e. The van der Waals surface area contributed by atoms with Crippen LogP contribution in [0.4, 0.5) is 8.78 Å². The highest BCUT2D eigenvalue weighted by Gasteiger charge is 2.35. The molecule has 14 heavy (non-hydrogen) atoms. The van der Waals surface area contributed by atoms with Crippen LogP contribution in [0.3, 0.4) is 0 Å². The largest absolute Gasteiger partial charge is 0.363 e. The van der Waals surface area contributed by atoms with E-state index in [4.69, 9.17) is 0 Å². The maximum atomic E-state index is 12.6. The zero-order valence-corrected chi connectivity index (χ0v) is 9.36. The van der Waals surface area contributed by atoms with Gasteiger partial charge in [0.15, 0.2) is 0 Å². The van der Waals surface area contributed by atoms with Gasteiger partial charge in [0.25, 0.3) is 0 Å². The summed E-state index contributed by atoms with van der Waals surface area (Å²) < 4.78 is 25.2. The summed E-state index contributed by atoms with van der Waals surface area (Å²) in [6.07, 6.45) is 0. The summed E-state index contributed by atoms with van der Waals surface area (Å²) in [5, 5.41) is 0. The lowest BCUT2D eigenvalue weighted by Gasteiger charge is -2.08. The van der Waals surface area contributed by atoms with Crippen LogP contribution in [0.15, 0.2) is 18.2 Å². The minimum atomic E-state index is -3.48. The predicted molar refractivity (Wildman–Crippen MR) is 54.1 cm³/mol. The van der Waals surface area contributed by atoms with E-state index < -0.39 is 10.6 Å². The van der Waals surface area contributed by atoms with Crippen LogP contribution in [0, 0.1) is 13.8 Å². The molecule has 1 rings (SSSR count). The van der Waals surface area contributed by atoms with Gasteiger partial charge in [-0.25, -0.2) is 0 Å². The van der Waals surface area contributed by atoms with Crippen molar-refractivity contribution in [3.05, 3.63) is 34.9 Å². The van der Waals surface area contributed by atoms with Gasteiger partial charge < -0.3 is 0 Å². The summed E-state index contributed by atoms with van der Waals surface area (Å²) in [5.41, 5.74) is 1.82. The first-order chi connectivity index (χ1) is 6.32. The first-order valence-electron chi connectivity index (χ1n) is 4.01. The molecule has 0 aliphatic heterocycles. The summed E-state index contributed by atoms with van der Waals surface area (Å²) in [7, 11) is 0. The molecule has 0 atom stereocenters. The molecule has 0 radical (unpaired) electrons. The van der Waals surface area contributed by atoms with Crippen LogP contribution in [-0.4, -0.2) is 10.6 Å². The van der Waals surface area contributed by atoms with Crippen LogP contribution >= 0.6 is 15.9 Å². The summed E-state index contributed by atoms with van der Waals surface area (Å²) in [5.74, 6) is -1.21. The van der Waals surface area contributed by atoms with Crippen molar-refractivity contribution >= 4 is 21.7 Å². The van der Waals surface area contributed by atoms with E-state index in [1.807, 2.05) is 22.9 Å². The van der Waals surface area contributed by atoms with E-state index in [0.717, 1.165) is 11.1 Å². The Bertz CT molecular complexity index is 369. The Hall–Kier alpha value is -0.770. The molecule has 1 aromatic carbocycles. The van der Waals surface area contributed by atoms with Crippen molar-refractivity contribution in [2.75, 3.05) is 0 Å². The Morgan fingerprint density at radius 3 is 2.29 bits per heavy atom. The highest BCUT2D eigenvalue weighted by atomic mass is 79.9. The molecule has 0 spiro atoms. The molecule has 4 heteroatoms. The average molecular weight is 263 g/mol. The SMILES string of the molecule is Cc1ccc(C(=O)C(F)(F)Br)cc1C. The number of carbonyl (C=O) groups is 1. The Balaban J connectivity index is 3.10. The van der Waals surface area contributed by atoms with Crippen molar-refractivity contribution in [3.63, 3.8) is 0 Å². The van der Waals surface area contributed by atoms with Crippen LogP contribution in [0.25, 0.3) is 0 Å². The summed E-state index contributed by atoms with van der Waals surface area (Å²) in [6, 6.07) is 4.52. The van der Waals surface area contributed by atoms with Gasteiger partial charge in [-0.1, -0.05) is 12.1 Å². The molecule has 0 aliphatic carbocycles. The van der Waals surface area contributed by atoms with E-state index in [2.05, 4.69) is 0 Å². The Kier molecular flexibility index (Phi) is 3.04. The molecule has 0 saturated carbocycles. The molecule has 0 amide bonds. The van der Waals surface area contributed by atoms with Gasteiger partial charge in [0.05, 0.1) is 0 Å². The Morgan fingerprint density at radius 1 is 1.29 bits per heavy atom. The topological polar surface area (TPSA) is 17.1 Å². The third kappa shape index (κ3) is 2.38. The highest BCUT2D eigenvalue weighted by molar-refractivity contribution is 9.10. The van der Waals surface area contributed by atoms with E-state index in [0.29, 0.717) is 0 Å². The monoisotopic (exact) mass is 262 g/mol. The average Bonchev–Trinajstić information content (AvgIpc) is 2.07. The number of rotatable bonds is 2. The number of halogens is 3. The lowest BCUT2D eigenvalue weighted by atomic mass is 10.0. The van der Waals surface area contributed by atoms with Gasteiger partial charge in [-0.3, -0.25) is 4.79 Å². The van der Waals surface area contributed by atoms with Gasteiger partial charge in [0.1, 0.15) is 0 Å². The molecule has 76 valence electrons. The van der Waals surface area contributed by atoms with E-state index in [1.165, 1.54) is 12.1 Å². The minimum Gasteiger partial charge on any atom is -0.286 e. The molecule has 0 aliphatic rings. The van der Waals surface area contributed by atoms with Crippen LogP contribution < -0.4 is 0 Å². The zero-order valence-electron chi connectivity index (χ0n) is 7.77. The molecule has 0 aromatic heterocycles. The summed E-state index contributed by atoms with van der Waals surface area (Å²) >= 11 is 2.04. The molecule has 0 heterocycles. The molecule has 0 unspecified atom stereocenters. The molecule has 0 fully saturated rings. The van der Waals surface area contributed by atoms with E-state index >= 15 is 0 Å². The lowest BCUT2D eigenvalue weighted by Crippen LogP contribution is -2.20. The van der Waals surface area contributed by atoms with Gasteiger partial charge in [0.2, 0.25) is 5.78 Å². The van der Waals surface area contributed by atoms with Crippen molar-refractivity contribution < 1.29 is 13.6 Å². The van der Waals surface area contributed by atoms with Crippen molar-refractivity contribution in [2.24, 2.45) is 0 Å². The Morgan fingerprint density at radius 2 is 1.86 bits per heavy atom. The molecule has 1 aromatic rings. The summed E-state index contributed by atoms with van der Waals surface area (Å²) in [6.45, 7) is 3.63. The van der Waals surface area contributed by atoms with E-state index in [-0.39, 0.29) is 5.56 Å². The van der Waals surface area contributed by atoms with Crippen molar-refractivity contribution in [2.45, 2.75) is 18.7 Å². The minimum absolute atomic E-state index is 0.0231. The van der Waals surface area contributed by atoms with Crippen molar-refractivity contribution in [1.29, 1.82) is 0 Å². The third-order valence-corrected chi connectivity index (χ3v) is 2.39. The molecular weight excluding hydrogens is 254 g/mol. The number of carbonyl (C=O) groups excluding carboxylic acids is 1. The number of hydrogen-bond donors (Lipinski definition) is 0. The number of hydrogen-bond acceptors (Lipinski definition) is 1. The number of ketones is 1. The molecular formula is C10H9BrF2O. The smallest absolute Gasteiger partial charge is 0.286 e. The normalized spacial score (nSPS) is 11.5. The first kappa shape index (κ1) is 11.3. The van der Waals surface area contributed by atoms with Gasteiger partial charge in [-0.05, 0) is 47.0 Å². The van der Waals surface area contributed by atoms with Gasteiger partial charge in [-0.2, -0.15) is 8.78 Å². The van der Waals surface area contributed by atoms with E-state index in [9.17, 15) is 13.6 Å². The molecule has 1 nitrogen and oxygen atoms in total. The van der Waals surface area contributed by atoms with Crippen LogP contribution in [0.5, 0.6) is 0 Å². The summed E-state index contributed by atoms with van der Waals surface area (Å²) in [4.78, 5) is 7.66. The molecule has 0 saturated heterocycles. The third-order valence-electron chi connectivity index (χ3n) is 2.03. The second-order valence-corrected chi connectivity index (χ2v) is 4.12. The van der Waals surface area contributed by atoms with Crippen LogP contribution in [0.1, 0.15) is 21.5 Å². The molecule has 0 bridgehead atoms. The number of alkyl halides is 3. The lowest BCUT2D eigenvalue weighted by molar-refractivity contribution is 0.0592. The number of aryl methyl sites for hydroxylation is 2. The standard InChI is InChI=1S/C10H9BrF2O/c1-6-3-4-8(5-7(6)2)9(14)10(11,12)13/h3-5H,1-2H3. The van der Waals surface area contributed by atoms with E-state index in [1.54, 1.807) is 13.0 Å².